The molecule has 27 heavy (non-hydrogen) atoms. The van der Waals surface area contributed by atoms with Crippen molar-refractivity contribution in [3.63, 3.8) is 0 Å². The number of ether oxygens (including phenoxy) is 1. The van der Waals surface area contributed by atoms with Gasteiger partial charge in [0.05, 0.1) is 32.9 Å². The minimum Gasteiger partial charge on any atom is -0.391 e. The Hall–Kier alpha value is -1.72. The number of aliphatic hydroxyl groups excluding tert-OH is 1. The molecule has 8 nitrogen and oxygen atoms in total. The first kappa shape index (κ1) is 21.6. The molecule has 0 aliphatic rings. The zero-order chi connectivity index (χ0) is 20.0. The first-order valence-electron chi connectivity index (χ1n) is 8.21. The smallest absolute Gasteiger partial charge is 0.229 e. The van der Waals surface area contributed by atoms with Crippen molar-refractivity contribution in [2.24, 2.45) is 5.14 Å². The third-order valence-corrected chi connectivity index (χ3v) is 6.11. The Morgan fingerprint density at radius 2 is 2.07 bits per heavy atom. The van der Waals surface area contributed by atoms with E-state index in [0.29, 0.717) is 27.7 Å². The van der Waals surface area contributed by atoms with E-state index in [2.05, 4.69) is 36.5 Å². The van der Waals surface area contributed by atoms with E-state index in [0.717, 1.165) is 5.69 Å². The van der Waals surface area contributed by atoms with Crippen LogP contribution in [-0.2, 0) is 14.4 Å². The zero-order valence-corrected chi connectivity index (χ0v) is 17.8. The molecular weight excluding hydrogens is 434 g/mol. The number of aliphatic hydroxyl groups is 1. The monoisotopic (exact) mass is 457 g/mol. The molecule has 0 saturated carbocycles. The maximum absolute atomic E-state index is 12.2. The van der Waals surface area contributed by atoms with Crippen LogP contribution in [0, 0.1) is 0 Å². The van der Waals surface area contributed by atoms with Crippen molar-refractivity contribution < 1.29 is 14.1 Å². The first-order chi connectivity index (χ1) is 12.8. The van der Waals surface area contributed by atoms with Crippen molar-refractivity contribution in [3.8, 4) is 0 Å². The third-order valence-electron chi connectivity index (χ3n) is 3.82. The fourth-order valence-electron chi connectivity index (χ4n) is 2.20. The normalized spacial score (nSPS) is 15.5. The molecule has 0 aliphatic carbocycles. The van der Waals surface area contributed by atoms with E-state index in [-0.39, 0.29) is 6.04 Å². The van der Waals surface area contributed by atoms with Crippen LogP contribution in [-0.4, -0.2) is 50.5 Å². The summed E-state index contributed by atoms with van der Waals surface area (Å²) < 4.78 is 17.9. The highest BCUT2D eigenvalue weighted by Gasteiger charge is 2.17. The largest absolute Gasteiger partial charge is 0.391 e. The standard InChI is InChI=1S/C17H24BrN5O3S/c1-4-27(19,25)13-7-5-12(6-8-13)21-17-20-9-14(18)16(23-17)22-15(10-26-3)11(2)24/h4-9,11,15,24H,10H2,1-3H3,(H2,19,25)(H2,20,21,22,23)/t11-,15-,27?/m1/s1. The topological polar surface area (TPSA) is 122 Å². The van der Waals surface area contributed by atoms with Gasteiger partial charge in [-0.05, 0) is 59.4 Å². The van der Waals surface area contributed by atoms with Crippen LogP contribution in [0.25, 0.3) is 0 Å². The molecule has 1 heterocycles. The predicted octanol–water partition coefficient (Wildman–Crippen LogP) is 2.13. The molecule has 148 valence electrons. The van der Waals surface area contributed by atoms with E-state index in [1.54, 1.807) is 51.4 Å². The van der Waals surface area contributed by atoms with Crippen molar-refractivity contribution in [2.75, 3.05) is 24.4 Å². The van der Waals surface area contributed by atoms with Crippen LogP contribution < -0.4 is 15.8 Å². The lowest BCUT2D eigenvalue weighted by atomic mass is 10.2. The van der Waals surface area contributed by atoms with Crippen LogP contribution in [0.1, 0.15) is 13.8 Å². The summed E-state index contributed by atoms with van der Waals surface area (Å²) in [7, 11) is -1.04. The van der Waals surface area contributed by atoms with Gasteiger partial charge in [-0.15, -0.1) is 0 Å². The van der Waals surface area contributed by atoms with E-state index in [9.17, 15) is 9.32 Å². The van der Waals surface area contributed by atoms with E-state index in [1.807, 2.05) is 0 Å². The van der Waals surface area contributed by atoms with Crippen LogP contribution in [0.3, 0.4) is 0 Å². The molecule has 0 spiro atoms. The molecular formula is C17H24BrN5O3S. The number of anilines is 3. The highest BCUT2D eigenvalue weighted by Crippen LogP contribution is 2.23. The minimum absolute atomic E-state index is 0.323. The minimum atomic E-state index is -2.61. The number of hydrogen-bond donors (Lipinski definition) is 4. The van der Waals surface area contributed by atoms with Gasteiger partial charge in [0.25, 0.3) is 0 Å². The van der Waals surface area contributed by atoms with Crippen LogP contribution in [0.2, 0.25) is 0 Å². The quantitative estimate of drug-likeness (QED) is 0.447. The Bertz CT molecular complexity index is 883. The predicted molar refractivity (Wildman–Crippen MR) is 113 cm³/mol. The van der Waals surface area contributed by atoms with Gasteiger partial charge in [-0.2, -0.15) is 4.98 Å². The summed E-state index contributed by atoms with van der Waals surface area (Å²) in [6.45, 7) is 3.67. The van der Waals surface area contributed by atoms with Crippen LogP contribution in [0.15, 0.2) is 39.8 Å². The number of aromatic nitrogens is 2. The van der Waals surface area contributed by atoms with Gasteiger partial charge in [0, 0.05) is 23.9 Å². The Labute approximate surface area is 167 Å². The molecule has 0 fully saturated rings. The summed E-state index contributed by atoms with van der Waals surface area (Å²) in [5.74, 6) is 0.892. The summed E-state index contributed by atoms with van der Waals surface area (Å²) >= 11 is 3.40. The Kier molecular flexibility index (Phi) is 7.57. The summed E-state index contributed by atoms with van der Waals surface area (Å²) in [6, 6.07) is 6.59. The average Bonchev–Trinajstić information content (AvgIpc) is 2.64. The fourth-order valence-corrected chi connectivity index (χ4v) is 3.34. The number of halogens is 1. The second-order valence-corrected chi connectivity index (χ2v) is 8.96. The van der Waals surface area contributed by atoms with Gasteiger partial charge in [-0.25, -0.2) is 9.19 Å². The molecule has 1 aromatic carbocycles. The van der Waals surface area contributed by atoms with Crippen LogP contribution >= 0.6 is 15.9 Å². The van der Waals surface area contributed by atoms with Crippen LogP contribution in [0.4, 0.5) is 17.5 Å². The van der Waals surface area contributed by atoms with E-state index < -0.39 is 15.8 Å². The zero-order valence-electron chi connectivity index (χ0n) is 15.3. The van der Waals surface area contributed by atoms with Crippen molar-refractivity contribution in [1.82, 2.24) is 9.97 Å². The first-order valence-corrected chi connectivity index (χ1v) is 10.7. The second-order valence-electron chi connectivity index (χ2n) is 5.87. The molecule has 5 N–H and O–H groups in total. The number of nitrogens with zero attached hydrogens (tertiary/aromatic N) is 2. The van der Waals surface area contributed by atoms with E-state index >= 15 is 0 Å². The molecule has 0 saturated heterocycles. The molecule has 0 bridgehead atoms. The van der Waals surface area contributed by atoms with Crippen molar-refractivity contribution in [2.45, 2.75) is 30.9 Å². The number of methoxy groups -OCH3 is 1. The van der Waals surface area contributed by atoms with Crippen molar-refractivity contribution in [3.05, 3.63) is 34.9 Å². The Morgan fingerprint density at radius 1 is 1.41 bits per heavy atom. The summed E-state index contributed by atoms with van der Waals surface area (Å²) in [4.78, 5) is 9.20. The highest BCUT2D eigenvalue weighted by atomic mass is 79.9. The van der Waals surface area contributed by atoms with Gasteiger partial charge >= 0.3 is 0 Å². The molecule has 2 rings (SSSR count). The van der Waals surface area contributed by atoms with Gasteiger partial charge in [0.1, 0.15) is 5.82 Å². The molecule has 1 unspecified atom stereocenters. The van der Waals surface area contributed by atoms with Crippen molar-refractivity contribution >= 4 is 48.5 Å². The number of benzene rings is 1. The fraction of sp³-hybridized carbons (Fsp3) is 0.353. The average molecular weight is 458 g/mol. The maximum atomic E-state index is 12.2. The van der Waals surface area contributed by atoms with Crippen molar-refractivity contribution in [1.29, 1.82) is 0 Å². The number of rotatable bonds is 8. The van der Waals surface area contributed by atoms with E-state index in [1.165, 1.54) is 5.37 Å². The Morgan fingerprint density at radius 3 is 2.63 bits per heavy atom. The maximum Gasteiger partial charge on any atom is 0.229 e. The number of nitrogens with two attached hydrogens (primary N) is 1. The molecule has 0 amide bonds. The van der Waals surface area contributed by atoms with Crippen LogP contribution in [0.5, 0.6) is 0 Å². The van der Waals surface area contributed by atoms with Gasteiger partial charge in [0.15, 0.2) is 0 Å². The molecule has 1 aromatic heterocycles. The molecule has 10 heteroatoms. The lowest BCUT2D eigenvalue weighted by Crippen LogP contribution is -2.36. The Balaban J connectivity index is 2.19. The lowest BCUT2D eigenvalue weighted by Gasteiger charge is -2.22. The summed E-state index contributed by atoms with van der Waals surface area (Å²) in [5, 5.41) is 23.3. The van der Waals surface area contributed by atoms with Gasteiger partial charge in [0.2, 0.25) is 5.95 Å². The van der Waals surface area contributed by atoms with Gasteiger partial charge < -0.3 is 20.5 Å². The molecule has 0 radical (unpaired) electrons. The van der Waals surface area contributed by atoms with E-state index in [4.69, 9.17) is 9.88 Å². The summed E-state index contributed by atoms with van der Waals surface area (Å²) in [6.07, 6.45) is 0.980. The lowest BCUT2D eigenvalue weighted by molar-refractivity contribution is 0.106. The molecule has 0 aliphatic heterocycles. The molecule has 3 atom stereocenters. The van der Waals surface area contributed by atoms with Gasteiger partial charge in [-0.1, -0.05) is 0 Å². The second kappa shape index (κ2) is 9.47. The SMILES string of the molecule is CC=S(N)(=O)c1ccc(Nc2ncc(Br)c(N[C@H](COC)[C@@H](C)O)n2)cc1. The summed E-state index contributed by atoms with van der Waals surface area (Å²) in [5.41, 5.74) is 0.724. The third kappa shape index (κ3) is 5.88. The molecule has 2 aromatic rings. The number of nitrogens with one attached hydrogen (secondary N) is 2. The number of hydrogen-bond acceptors (Lipinski definition) is 7. The van der Waals surface area contributed by atoms with Gasteiger partial charge in [-0.3, -0.25) is 5.14 Å². The highest BCUT2D eigenvalue weighted by molar-refractivity contribution is 9.10.